The van der Waals surface area contributed by atoms with Crippen LogP contribution in [0.15, 0.2) is 18.2 Å². The molecule has 3 rings (SSSR count). The molecule has 0 aromatic heterocycles. The first-order valence-electron chi connectivity index (χ1n) is 7.46. The van der Waals surface area contributed by atoms with Gasteiger partial charge in [-0.25, -0.2) is 0 Å². The first-order valence-corrected chi connectivity index (χ1v) is 7.83. The molecule has 2 aliphatic rings. The van der Waals surface area contributed by atoms with Gasteiger partial charge in [0, 0.05) is 17.5 Å². The Hall–Kier alpha value is -0.730. The number of halogens is 1. The van der Waals surface area contributed by atoms with Gasteiger partial charge in [-0.3, -0.25) is 0 Å². The van der Waals surface area contributed by atoms with Gasteiger partial charge in [0.05, 0.1) is 6.61 Å². The van der Waals surface area contributed by atoms with Crippen LogP contribution in [0.1, 0.15) is 43.6 Å². The highest BCUT2D eigenvalue weighted by atomic mass is 35.5. The molecule has 1 saturated heterocycles. The van der Waals surface area contributed by atoms with Crippen LogP contribution in [0.4, 0.5) is 0 Å². The van der Waals surface area contributed by atoms with E-state index in [1.54, 1.807) is 0 Å². The molecule has 1 saturated carbocycles. The molecule has 1 aliphatic carbocycles. The van der Waals surface area contributed by atoms with Crippen LogP contribution < -0.4 is 10.1 Å². The Bertz CT molecular complexity index is 425. The van der Waals surface area contributed by atoms with Crippen LogP contribution in [0.5, 0.6) is 5.75 Å². The van der Waals surface area contributed by atoms with Crippen LogP contribution in [0.25, 0.3) is 0 Å². The molecule has 2 nitrogen and oxygen atoms in total. The maximum atomic E-state index is 6.16. The van der Waals surface area contributed by atoms with Crippen LogP contribution in [0, 0.1) is 5.92 Å². The fourth-order valence-electron chi connectivity index (χ4n) is 2.95. The summed E-state index contributed by atoms with van der Waals surface area (Å²) in [6, 6.07) is 6.08. The summed E-state index contributed by atoms with van der Waals surface area (Å²) in [5.41, 5.74) is 1.29. The molecule has 1 unspecified atom stereocenters. The second kappa shape index (κ2) is 6.15. The maximum absolute atomic E-state index is 6.16. The van der Waals surface area contributed by atoms with E-state index >= 15 is 0 Å². The average molecular weight is 280 g/mol. The van der Waals surface area contributed by atoms with Crippen LogP contribution in [0.2, 0.25) is 5.02 Å². The van der Waals surface area contributed by atoms with E-state index in [4.69, 9.17) is 16.3 Å². The van der Waals surface area contributed by atoms with Gasteiger partial charge in [0.1, 0.15) is 5.75 Å². The number of ether oxygens (including phenoxy) is 1. The SMILES string of the molecule is Clc1ccc(OCC2CCC2)c(C2CCCNC2)c1. The summed E-state index contributed by atoms with van der Waals surface area (Å²) in [7, 11) is 0. The molecule has 19 heavy (non-hydrogen) atoms. The first kappa shape index (κ1) is 13.3. The Morgan fingerprint density at radius 3 is 2.79 bits per heavy atom. The Balaban J connectivity index is 1.73. The first-order chi connectivity index (χ1) is 9.33. The van der Waals surface area contributed by atoms with Crippen molar-refractivity contribution in [3.05, 3.63) is 28.8 Å². The monoisotopic (exact) mass is 279 g/mol. The lowest BCUT2D eigenvalue weighted by molar-refractivity contribution is 0.178. The van der Waals surface area contributed by atoms with E-state index in [0.29, 0.717) is 5.92 Å². The summed E-state index contributed by atoms with van der Waals surface area (Å²) >= 11 is 6.16. The van der Waals surface area contributed by atoms with Crippen LogP contribution in [0.3, 0.4) is 0 Å². The zero-order chi connectivity index (χ0) is 13.1. The minimum atomic E-state index is 0.545. The molecule has 1 aromatic rings. The summed E-state index contributed by atoms with van der Waals surface area (Å²) in [4.78, 5) is 0. The number of hydrogen-bond donors (Lipinski definition) is 1. The van der Waals surface area contributed by atoms with Gasteiger partial charge < -0.3 is 10.1 Å². The third kappa shape index (κ3) is 3.24. The molecule has 2 fully saturated rings. The van der Waals surface area contributed by atoms with Gasteiger partial charge in [-0.1, -0.05) is 18.0 Å². The summed E-state index contributed by atoms with van der Waals surface area (Å²) in [5.74, 6) is 2.36. The summed E-state index contributed by atoms with van der Waals surface area (Å²) < 4.78 is 6.06. The largest absolute Gasteiger partial charge is 0.493 e. The molecule has 1 N–H and O–H groups in total. The van der Waals surface area contributed by atoms with Gasteiger partial charge in [-0.05, 0) is 61.9 Å². The Morgan fingerprint density at radius 1 is 1.21 bits per heavy atom. The van der Waals surface area contributed by atoms with Gasteiger partial charge in [-0.15, -0.1) is 0 Å². The van der Waals surface area contributed by atoms with E-state index in [2.05, 4.69) is 11.4 Å². The second-order valence-electron chi connectivity index (χ2n) is 5.83. The molecule has 0 spiro atoms. The minimum Gasteiger partial charge on any atom is -0.493 e. The van der Waals surface area contributed by atoms with Crippen LogP contribution in [-0.2, 0) is 0 Å². The second-order valence-corrected chi connectivity index (χ2v) is 6.27. The van der Waals surface area contributed by atoms with Gasteiger partial charge in [0.25, 0.3) is 0 Å². The van der Waals surface area contributed by atoms with E-state index in [1.807, 2.05) is 12.1 Å². The predicted molar refractivity (Wildman–Crippen MR) is 79.1 cm³/mol. The zero-order valence-corrected chi connectivity index (χ0v) is 12.1. The third-order valence-electron chi connectivity index (χ3n) is 4.41. The van der Waals surface area contributed by atoms with Gasteiger partial charge in [0.2, 0.25) is 0 Å². The van der Waals surface area contributed by atoms with E-state index in [9.17, 15) is 0 Å². The molecule has 1 aliphatic heterocycles. The number of benzene rings is 1. The van der Waals surface area contributed by atoms with Gasteiger partial charge >= 0.3 is 0 Å². The van der Waals surface area contributed by atoms with Crippen LogP contribution in [-0.4, -0.2) is 19.7 Å². The number of hydrogen-bond acceptors (Lipinski definition) is 2. The number of piperidine rings is 1. The van der Waals surface area contributed by atoms with Crippen molar-refractivity contribution in [2.75, 3.05) is 19.7 Å². The summed E-state index contributed by atoms with van der Waals surface area (Å²) in [6.45, 7) is 3.05. The quantitative estimate of drug-likeness (QED) is 0.900. The van der Waals surface area contributed by atoms with Crippen molar-refractivity contribution in [1.82, 2.24) is 5.32 Å². The van der Waals surface area contributed by atoms with Crippen molar-refractivity contribution in [2.24, 2.45) is 5.92 Å². The molecular formula is C16H22ClNO. The molecule has 1 atom stereocenters. The lowest BCUT2D eigenvalue weighted by Gasteiger charge is -2.28. The number of rotatable bonds is 4. The topological polar surface area (TPSA) is 21.3 Å². The lowest BCUT2D eigenvalue weighted by Crippen LogP contribution is -2.29. The molecule has 1 aromatic carbocycles. The molecule has 0 radical (unpaired) electrons. The van der Waals surface area contributed by atoms with Crippen molar-refractivity contribution in [3.8, 4) is 5.75 Å². The molecule has 1 heterocycles. The van der Waals surface area contributed by atoms with Gasteiger partial charge in [-0.2, -0.15) is 0 Å². The highest BCUT2D eigenvalue weighted by molar-refractivity contribution is 6.30. The van der Waals surface area contributed by atoms with E-state index in [1.165, 1.54) is 37.7 Å². The van der Waals surface area contributed by atoms with E-state index < -0.39 is 0 Å². The average Bonchev–Trinajstić information content (AvgIpc) is 2.39. The molecule has 3 heteroatoms. The van der Waals surface area contributed by atoms with E-state index in [-0.39, 0.29) is 0 Å². The van der Waals surface area contributed by atoms with Crippen molar-refractivity contribution in [2.45, 2.75) is 38.0 Å². The smallest absolute Gasteiger partial charge is 0.122 e. The molecule has 0 bridgehead atoms. The highest BCUT2D eigenvalue weighted by Crippen LogP contribution is 2.34. The van der Waals surface area contributed by atoms with Crippen molar-refractivity contribution in [1.29, 1.82) is 0 Å². The summed E-state index contributed by atoms with van der Waals surface area (Å²) in [6.07, 6.45) is 6.49. The highest BCUT2D eigenvalue weighted by Gasteiger charge is 2.22. The van der Waals surface area contributed by atoms with Crippen LogP contribution >= 0.6 is 11.6 Å². The lowest BCUT2D eigenvalue weighted by atomic mass is 9.86. The van der Waals surface area contributed by atoms with Crippen molar-refractivity contribution in [3.63, 3.8) is 0 Å². The zero-order valence-electron chi connectivity index (χ0n) is 11.3. The maximum Gasteiger partial charge on any atom is 0.122 e. The normalized spacial score (nSPS) is 23.9. The standard InChI is InChI=1S/C16H22ClNO/c17-14-6-7-16(19-11-12-3-1-4-12)15(9-14)13-5-2-8-18-10-13/h6-7,9,12-13,18H,1-5,8,10-11H2. The Morgan fingerprint density at radius 2 is 2.11 bits per heavy atom. The predicted octanol–water partition coefficient (Wildman–Crippen LogP) is 3.99. The molecular weight excluding hydrogens is 258 g/mol. The van der Waals surface area contributed by atoms with E-state index in [0.717, 1.165) is 36.4 Å². The fourth-order valence-corrected chi connectivity index (χ4v) is 3.13. The Labute approximate surface area is 120 Å². The van der Waals surface area contributed by atoms with Crippen molar-refractivity contribution >= 4 is 11.6 Å². The summed E-state index contributed by atoms with van der Waals surface area (Å²) in [5, 5.41) is 4.28. The molecule has 104 valence electrons. The Kier molecular flexibility index (Phi) is 4.29. The third-order valence-corrected chi connectivity index (χ3v) is 4.64. The number of nitrogens with one attached hydrogen (secondary N) is 1. The van der Waals surface area contributed by atoms with Crippen molar-refractivity contribution < 1.29 is 4.74 Å². The van der Waals surface area contributed by atoms with Gasteiger partial charge in [0.15, 0.2) is 0 Å². The molecule has 0 amide bonds. The minimum absolute atomic E-state index is 0.545. The fraction of sp³-hybridized carbons (Fsp3) is 0.625.